The number of nitrogens with zero attached hydrogens (tertiary/aromatic N) is 1. The van der Waals surface area contributed by atoms with E-state index in [1.54, 1.807) is 5.41 Å². The molecule has 2 heteroatoms. The van der Waals surface area contributed by atoms with Gasteiger partial charge in [-0.3, -0.25) is 0 Å². The highest BCUT2D eigenvalue weighted by molar-refractivity contribution is 7.83. The lowest BCUT2D eigenvalue weighted by atomic mass is 10.1. The molecule has 1 nitrogen and oxygen atoms in total. The van der Waals surface area contributed by atoms with Crippen molar-refractivity contribution in [3.63, 3.8) is 0 Å². The second kappa shape index (κ2) is 5.22. The Labute approximate surface area is 79.9 Å². The number of hydrogen-bond acceptors (Lipinski definition) is 2. The first-order chi connectivity index (χ1) is 5.83. The van der Waals surface area contributed by atoms with Crippen LogP contribution in [0.4, 0.5) is 0 Å². The van der Waals surface area contributed by atoms with Crippen molar-refractivity contribution in [2.75, 3.05) is 20.1 Å². The summed E-state index contributed by atoms with van der Waals surface area (Å²) in [6, 6.07) is 0. The minimum Gasteiger partial charge on any atom is -0.302 e. The highest BCUT2D eigenvalue weighted by atomic mass is 32.1. The summed E-state index contributed by atoms with van der Waals surface area (Å²) in [5, 5.41) is 1.74. The SMILES string of the molecule is CN1CC=C(/C=C/C=C\S)CC1. The van der Waals surface area contributed by atoms with E-state index in [0.29, 0.717) is 0 Å². The van der Waals surface area contributed by atoms with Crippen molar-refractivity contribution in [2.24, 2.45) is 0 Å². The van der Waals surface area contributed by atoms with E-state index >= 15 is 0 Å². The molecule has 0 bridgehead atoms. The van der Waals surface area contributed by atoms with Crippen LogP contribution in [0.15, 0.2) is 35.3 Å². The van der Waals surface area contributed by atoms with Crippen molar-refractivity contribution in [2.45, 2.75) is 6.42 Å². The molecule has 0 aromatic heterocycles. The van der Waals surface area contributed by atoms with E-state index in [1.807, 2.05) is 12.2 Å². The second-order valence-corrected chi connectivity index (χ2v) is 3.29. The summed E-state index contributed by atoms with van der Waals surface area (Å²) < 4.78 is 0. The van der Waals surface area contributed by atoms with Crippen molar-refractivity contribution >= 4 is 12.6 Å². The van der Waals surface area contributed by atoms with Gasteiger partial charge < -0.3 is 4.90 Å². The van der Waals surface area contributed by atoms with Crippen LogP contribution >= 0.6 is 12.6 Å². The molecule has 0 unspecified atom stereocenters. The monoisotopic (exact) mass is 181 g/mol. The van der Waals surface area contributed by atoms with Crippen LogP contribution in [0.25, 0.3) is 0 Å². The van der Waals surface area contributed by atoms with Gasteiger partial charge in [0.05, 0.1) is 0 Å². The Morgan fingerprint density at radius 1 is 1.50 bits per heavy atom. The van der Waals surface area contributed by atoms with Gasteiger partial charge in [0.1, 0.15) is 0 Å². The lowest BCUT2D eigenvalue weighted by molar-refractivity contribution is 0.361. The summed E-state index contributed by atoms with van der Waals surface area (Å²) in [5.41, 5.74) is 1.43. The van der Waals surface area contributed by atoms with E-state index in [0.717, 1.165) is 13.0 Å². The Morgan fingerprint density at radius 2 is 2.33 bits per heavy atom. The van der Waals surface area contributed by atoms with Crippen LogP contribution in [0, 0.1) is 0 Å². The van der Waals surface area contributed by atoms with Crippen LogP contribution < -0.4 is 0 Å². The molecule has 0 aliphatic carbocycles. The van der Waals surface area contributed by atoms with Crippen LogP contribution in [-0.2, 0) is 0 Å². The van der Waals surface area contributed by atoms with Crippen molar-refractivity contribution in [1.82, 2.24) is 4.90 Å². The molecular weight excluding hydrogens is 166 g/mol. The van der Waals surface area contributed by atoms with Crippen molar-refractivity contribution < 1.29 is 0 Å². The summed E-state index contributed by atoms with van der Waals surface area (Å²) in [6.45, 7) is 2.24. The largest absolute Gasteiger partial charge is 0.302 e. The predicted molar refractivity (Wildman–Crippen MR) is 57.5 cm³/mol. The molecule has 0 saturated carbocycles. The van der Waals surface area contributed by atoms with Crippen LogP contribution in [0.1, 0.15) is 6.42 Å². The fourth-order valence-corrected chi connectivity index (χ4v) is 1.27. The van der Waals surface area contributed by atoms with Gasteiger partial charge in [0.2, 0.25) is 0 Å². The highest BCUT2D eigenvalue weighted by Crippen LogP contribution is 2.10. The molecule has 0 saturated heterocycles. The zero-order valence-electron chi connectivity index (χ0n) is 7.40. The summed E-state index contributed by atoms with van der Waals surface area (Å²) in [6.07, 6.45) is 9.55. The van der Waals surface area contributed by atoms with Gasteiger partial charge in [-0.15, -0.1) is 0 Å². The first kappa shape index (κ1) is 9.62. The molecule has 1 aliphatic heterocycles. The topological polar surface area (TPSA) is 3.24 Å². The molecule has 0 aromatic rings. The van der Waals surface area contributed by atoms with Crippen molar-refractivity contribution in [3.05, 3.63) is 35.3 Å². The zero-order chi connectivity index (χ0) is 8.81. The molecule has 1 heterocycles. The maximum atomic E-state index is 3.97. The maximum absolute atomic E-state index is 3.97. The number of rotatable bonds is 2. The first-order valence-electron chi connectivity index (χ1n) is 4.18. The van der Waals surface area contributed by atoms with E-state index in [2.05, 4.69) is 36.7 Å². The van der Waals surface area contributed by atoms with Gasteiger partial charge in [0, 0.05) is 13.1 Å². The summed E-state index contributed by atoms with van der Waals surface area (Å²) in [4.78, 5) is 2.31. The Hall–Kier alpha value is -0.470. The number of hydrogen-bond donors (Lipinski definition) is 1. The van der Waals surface area contributed by atoms with Crippen LogP contribution in [-0.4, -0.2) is 25.0 Å². The van der Waals surface area contributed by atoms with Gasteiger partial charge in [-0.1, -0.05) is 24.3 Å². The van der Waals surface area contributed by atoms with Crippen LogP contribution in [0.5, 0.6) is 0 Å². The molecule has 0 radical (unpaired) electrons. The summed E-state index contributed by atoms with van der Waals surface area (Å²) in [5.74, 6) is 0. The van der Waals surface area contributed by atoms with E-state index in [9.17, 15) is 0 Å². The summed E-state index contributed by atoms with van der Waals surface area (Å²) in [7, 11) is 2.14. The number of allylic oxidation sites excluding steroid dienone is 3. The lowest BCUT2D eigenvalue weighted by Gasteiger charge is -2.19. The Kier molecular flexibility index (Phi) is 4.19. The fraction of sp³-hybridized carbons (Fsp3) is 0.400. The van der Waals surface area contributed by atoms with E-state index < -0.39 is 0 Å². The van der Waals surface area contributed by atoms with E-state index in [4.69, 9.17) is 0 Å². The molecule has 0 atom stereocenters. The minimum atomic E-state index is 1.07. The normalized spacial score (nSPS) is 20.7. The molecule has 0 amide bonds. The van der Waals surface area contributed by atoms with Crippen molar-refractivity contribution in [3.8, 4) is 0 Å². The lowest BCUT2D eigenvalue weighted by Crippen LogP contribution is -2.23. The van der Waals surface area contributed by atoms with Gasteiger partial charge >= 0.3 is 0 Å². The van der Waals surface area contributed by atoms with Gasteiger partial charge in [-0.25, -0.2) is 0 Å². The van der Waals surface area contributed by atoms with Gasteiger partial charge in [-0.05, 0) is 24.4 Å². The first-order valence-corrected chi connectivity index (χ1v) is 4.69. The molecule has 66 valence electrons. The molecule has 12 heavy (non-hydrogen) atoms. The quantitative estimate of drug-likeness (QED) is 0.505. The maximum Gasteiger partial charge on any atom is 0.0165 e. The van der Waals surface area contributed by atoms with Gasteiger partial charge in [-0.2, -0.15) is 12.6 Å². The van der Waals surface area contributed by atoms with Crippen LogP contribution in [0.2, 0.25) is 0 Å². The van der Waals surface area contributed by atoms with Crippen LogP contribution in [0.3, 0.4) is 0 Å². The number of thiol groups is 1. The molecule has 0 spiro atoms. The van der Waals surface area contributed by atoms with E-state index in [1.165, 1.54) is 12.1 Å². The average Bonchev–Trinajstić information content (AvgIpc) is 2.09. The zero-order valence-corrected chi connectivity index (χ0v) is 8.30. The average molecular weight is 181 g/mol. The molecule has 0 aromatic carbocycles. The Morgan fingerprint density at radius 3 is 2.92 bits per heavy atom. The molecule has 0 fully saturated rings. The molecule has 0 N–H and O–H groups in total. The fourth-order valence-electron chi connectivity index (χ4n) is 1.17. The predicted octanol–water partition coefficient (Wildman–Crippen LogP) is 2.25. The standard InChI is InChI=1S/C10H15NS/c1-11-7-5-10(6-8-11)4-2-3-9-12/h2-5,9,12H,6-8H2,1H3/b4-2+,9-3-. The molecule has 1 rings (SSSR count). The highest BCUT2D eigenvalue weighted by Gasteiger charge is 2.03. The third-order valence-electron chi connectivity index (χ3n) is 1.95. The van der Waals surface area contributed by atoms with E-state index in [-0.39, 0.29) is 0 Å². The summed E-state index contributed by atoms with van der Waals surface area (Å²) >= 11 is 3.97. The Bertz CT molecular complexity index is 213. The van der Waals surface area contributed by atoms with Crippen molar-refractivity contribution in [1.29, 1.82) is 0 Å². The third-order valence-corrected chi connectivity index (χ3v) is 2.13. The Balaban J connectivity index is 2.43. The molecular formula is C10H15NS. The third kappa shape index (κ3) is 3.28. The smallest absolute Gasteiger partial charge is 0.0165 e. The molecule has 1 aliphatic rings. The van der Waals surface area contributed by atoms with Gasteiger partial charge in [0.25, 0.3) is 0 Å². The number of likely N-dealkylation sites (N-methyl/N-ethyl adjacent to an activating group) is 1. The van der Waals surface area contributed by atoms with Gasteiger partial charge in [0.15, 0.2) is 0 Å². The minimum absolute atomic E-state index is 1.07. The second-order valence-electron chi connectivity index (χ2n) is 2.99.